The number of rotatable bonds is 3. The van der Waals surface area contributed by atoms with Crippen LogP contribution in [0.15, 0.2) is 56.1 Å². The summed E-state index contributed by atoms with van der Waals surface area (Å²) in [6, 6.07) is 12.8. The standard InChI is InChI=1S/C22H20BrN3O4/c1-22(2,3)26-21(28)29-11-12-4-6-13(7-5-12)19-24-17-15-10-14(23)8-9-16(15)30-18(17)20(27)25-19/h4-10H,11H2,1-3H3,(H,26,28)(H,24,25,27). The molecule has 0 aliphatic heterocycles. The Morgan fingerprint density at radius 1 is 1.20 bits per heavy atom. The number of furan rings is 1. The number of hydrogen-bond acceptors (Lipinski definition) is 5. The molecule has 7 nitrogen and oxygen atoms in total. The third-order valence-corrected chi connectivity index (χ3v) is 4.85. The summed E-state index contributed by atoms with van der Waals surface area (Å²) in [6.45, 7) is 5.80. The number of nitrogens with one attached hydrogen (secondary N) is 2. The number of carbonyl (C=O) groups is 1. The Hall–Kier alpha value is -3.13. The van der Waals surface area contributed by atoms with Crippen LogP contribution < -0.4 is 10.9 Å². The molecule has 0 saturated carbocycles. The molecule has 0 bridgehead atoms. The molecular weight excluding hydrogens is 450 g/mol. The van der Waals surface area contributed by atoms with Crippen LogP contribution >= 0.6 is 15.9 Å². The quantitative estimate of drug-likeness (QED) is 0.433. The first-order valence-corrected chi connectivity index (χ1v) is 10.2. The molecule has 0 saturated heterocycles. The highest BCUT2D eigenvalue weighted by Crippen LogP contribution is 2.29. The van der Waals surface area contributed by atoms with Gasteiger partial charge in [-0.25, -0.2) is 9.78 Å². The summed E-state index contributed by atoms with van der Waals surface area (Å²) < 4.78 is 11.8. The van der Waals surface area contributed by atoms with Gasteiger partial charge in [-0.2, -0.15) is 0 Å². The third kappa shape index (κ3) is 4.23. The number of nitrogens with zero attached hydrogens (tertiary/aromatic N) is 1. The largest absolute Gasteiger partial charge is 0.449 e. The fraction of sp³-hybridized carbons (Fsp3) is 0.227. The molecule has 4 aromatic rings. The highest BCUT2D eigenvalue weighted by molar-refractivity contribution is 9.10. The van der Waals surface area contributed by atoms with Gasteiger partial charge in [0.05, 0.1) is 0 Å². The molecule has 0 spiro atoms. The lowest BCUT2D eigenvalue weighted by Gasteiger charge is -2.19. The molecule has 2 aromatic carbocycles. The van der Waals surface area contributed by atoms with Crippen LogP contribution in [0, 0.1) is 0 Å². The van der Waals surface area contributed by atoms with Crippen molar-refractivity contribution in [3.8, 4) is 11.4 Å². The predicted octanol–water partition coefficient (Wildman–Crippen LogP) is 5.12. The second kappa shape index (κ2) is 7.60. The van der Waals surface area contributed by atoms with Gasteiger partial charge in [0.25, 0.3) is 5.56 Å². The van der Waals surface area contributed by atoms with E-state index < -0.39 is 6.09 Å². The topological polar surface area (TPSA) is 97.2 Å². The first-order chi connectivity index (χ1) is 14.2. The lowest BCUT2D eigenvalue weighted by atomic mass is 10.1. The van der Waals surface area contributed by atoms with E-state index >= 15 is 0 Å². The SMILES string of the molecule is CC(C)(C)NC(=O)OCc1ccc(-c2nc3c(oc4ccc(Br)cc43)c(=O)[nH]2)cc1. The minimum absolute atomic E-state index is 0.144. The molecule has 0 radical (unpaired) electrons. The summed E-state index contributed by atoms with van der Waals surface area (Å²) in [7, 11) is 0. The Morgan fingerprint density at radius 3 is 2.63 bits per heavy atom. The Labute approximate surface area is 180 Å². The summed E-state index contributed by atoms with van der Waals surface area (Å²) in [5.41, 5.74) is 2.17. The fourth-order valence-electron chi connectivity index (χ4n) is 3.01. The summed E-state index contributed by atoms with van der Waals surface area (Å²) in [6.07, 6.45) is -0.471. The third-order valence-electron chi connectivity index (χ3n) is 4.36. The van der Waals surface area contributed by atoms with E-state index in [0.29, 0.717) is 16.9 Å². The maximum absolute atomic E-state index is 12.5. The van der Waals surface area contributed by atoms with E-state index in [1.165, 1.54) is 0 Å². The molecule has 0 unspecified atom stereocenters. The van der Waals surface area contributed by atoms with Crippen LogP contribution in [-0.2, 0) is 11.3 Å². The number of ether oxygens (including phenoxy) is 1. The van der Waals surface area contributed by atoms with Crippen molar-refractivity contribution in [3.63, 3.8) is 0 Å². The number of H-pyrrole nitrogens is 1. The van der Waals surface area contributed by atoms with Gasteiger partial charge < -0.3 is 19.5 Å². The van der Waals surface area contributed by atoms with Gasteiger partial charge in [-0.1, -0.05) is 40.2 Å². The number of benzene rings is 2. The molecule has 0 aliphatic rings. The zero-order valence-corrected chi connectivity index (χ0v) is 18.3. The van der Waals surface area contributed by atoms with E-state index in [1.54, 1.807) is 6.07 Å². The smallest absolute Gasteiger partial charge is 0.407 e. The van der Waals surface area contributed by atoms with Crippen molar-refractivity contribution in [3.05, 3.63) is 62.9 Å². The van der Waals surface area contributed by atoms with Crippen LogP contribution in [0.5, 0.6) is 0 Å². The number of alkyl carbamates (subject to hydrolysis) is 1. The number of halogens is 1. The molecule has 30 heavy (non-hydrogen) atoms. The fourth-order valence-corrected chi connectivity index (χ4v) is 3.37. The van der Waals surface area contributed by atoms with Crippen molar-refractivity contribution in [1.82, 2.24) is 15.3 Å². The summed E-state index contributed by atoms with van der Waals surface area (Å²) >= 11 is 3.44. The Bertz CT molecular complexity index is 1300. The highest BCUT2D eigenvalue weighted by atomic mass is 79.9. The van der Waals surface area contributed by atoms with Gasteiger partial charge in [-0.05, 0) is 44.5 Å². The second-order valence-electron chi connectivity index (χ2n) is 7.98. The molecule has 0 fully saturated rings. The molecule has 1 amide bonds. The van der Waals surface area contributed by atoms with Gasteiger partial charge in [0.2, 0.25) is 5.58 Å². The van der Waals surface area contributed by atoms with Gasteiger partial charge in [-0.15, -0.1) is 0 Å². The van der Waals surface area contributed by atoms with Gasteiger partial charge in [0.15, 0.2) is 0 Å². The minimum atomic E-state index is -0.471. The van der Waals surface area contributed by atoms with Gasteiger partial charge in [0.1, 0.15) is 23.5 Å². The van der Waals surface area contributed by atoms with E-state index in [4.69, 9.17) is 9.15 Å². The second-order valence-corrected chi connectivity index (χ2v) is 8.90. The molecule has 2 aromatic heterocycles. The number of fused-ring (bicyclic) bond motifs is 3. The van der Waals surface area contributed by atoms with E-state index in [0.717, 1.165) is 21.0 Å². The number of amides is 1. The highest BCUT2D eigenvalue weighted by Gasteiger charge is 2.16. The van der Waals surface area contributed by atoms with Crippen LogP contribution in [0.3, 0.4) is 0 Å². The van der Waals surface area contributed by atoms with Gasteiger partial charge >= 0.3 is 6.09 Å². The van der Waals surface area contributed by atoms with E-state index in [-0.39, 0.29) is 23.3 Å². The first-order valence-electron chi connectivity index (χ1n) is 9.36. The van der Waals surface area contributed by atoms with Crippen molar-refractivity contribution in [1.29, 1.82) is 0 Å². The van der Waals surface area contributed by atoms with Crippen molar-refractivity contribution in [2.75, 3.05) is 0 Å². The lowest BCUT2D eigenvalue weighted by Crippen LogP contribution is -2.40. The van der Waals surface area contributed by atoms with Crippen molar-refractivity contribution >= 4 is 44.1 Å². The molecule has 154 valence electrons. The Morgan fingerprint density at radius 2 is 1.93 bits per heavy atom. The molecule has 2 N–H and O–H groups in total. The van der Waals surface area contributed by atoms with Crippen LogP contribution in [0.4, 0.5) is 4.79 Å². The number of aromatic nitrogens is 2. The number of aromatic amines is 1. The van der Waals surface area contributed by atoms with Crippen molar-refractivity contribution in [2.45, 2.75) is 32.9 Å². The van der Waals surface area contributed by atoms with Crippen molar-refractivity contribution in [2.24, 2.45) is 0 Å². The Kier molecular flexibility index (Phi) is 5.11. The zero-order chi connectivity index (χ0) is 21.5. The van der Waals surface area contributed by atoms with E-state index in [9.17, 15) is 9.59 Å². The minimum Gasteiger partial charge on any atom is -0.449 e. The average Bonchev–Trinajstić information content (AvgIpc) is 3.04. The number of hydrogen-bond donors (Lipinski definition) is 2. The average molecular weight is 470 g/mol. The molecule has 8 heteroatoms. The van der Waals surface area contributed by atoms with E-state index in [1.807, 2.05) is 57.2 Å². The molecule has 2 heterocycles. The van der Waals surface area contributed by atoms with Gasteiger partial charge in [-0.3, -0.25) is 4.79 Å². The Balaban J connectivity index is 1.60. The monoisotopic (exact) mass is 469 g/mol. The maximum atomic E-state index is 12.5. The van der Waals surface area contributed by atoms with Crippen LogP contribution in [-0.4, -0.2) is 21.6 Å². The van der Waals surface area contributed by atoms with Gasteiger partial charge in [0, 0.05) is 21.0 Å². The van der Waals surface area contributed by atoms with E-state index in [2.05, 4.69) is 31.2 Å². The number of carbonyl (C=O) groups excluding carboxylic acids is 1. The summed E-state index contributed by atoms with van der Waals surface area (Å²) in [5.74, 6) is 0.438. The summed E-state index contributed by atoms with van der Waals surface area (Å²) in [4.78, 5) is 31.7. The molecule has 4 rings (SSSR count). The maximum Gasteiger partial charge on any atom is 0.407 e. The molecular formula is C22H20BrN3O4. The van der Waals surface area contributed by atoms with Crippen LogP contribution in [0.1, 0.15) is 26.3 Å². The van der Waals surface area contributed by atoms with Crippen LogP contribution in [0.2, 0.25) is 0 Å². The normalized spacial score (nSPS) is 11.7. The lowest BCUT2D eigenvalue weighted by molar-refractivity contribution is 0.131. The van der Waals surface area contributed by atoms with Crippen LogP contribution in [0.25, 0.3) is 33.5 Å². The molecule has 0 atom stereocenters. The summed E-state index contributed by atoms with van der Waals surface area (Å²) in [5, 5.41) is 3.51. The molecule has 0 aliphatic carbocycles. The predicted molar refractivity (Wildman–Crippen MR) is 118 cm³/mol. The first kappa shape index (κ1) is 20.2. The van der Waals surface area contributed by atoms with Crippen molar-refractivity contribution < 1.29 is 13.9 Å². The zero-order valence-electron chi connectivity index (χ0n) is 16.7.